The molecule has 3 N–H and O–H groups in total. The van der Waals surface area contributed by atoms with Crippen LogP contribution in [0.2, 0.25) is 5.02 Å². The maximum Gasteiger partial charge on any atom is 0.432 e. The Bertz CT molecular complexity index is 848. The van der Waals surface area contributed by atoms with Gasteiger partial charge in [-0.15, -0.1) is 0 Å². The predicted octanol–water partition coefficient (Wildman–Crippen LogP) is 2.89. The van der Waals surface area contributed by atoms with Crippen molar-refractivity contribution in [2.75, 3.05) is 13.2 Å². The number of piperidine rings is 1. The molecule has 14 heteroatoms. The lowest BCUT2D eigenvalue weighted by atomic mass is 9.64. The molecule has 1 aromatic rings. The van der Waals surface area contributed by atoms with Crippen molar-refractivity contribution in [2.24, 2.45) is 11.8 Å². The van der Waals surface area contributed by atoms with E-state index in [1.165, 1.54) is 19.9 Å². The summed E-state index contributed by atoms with van der Waals surface area (Å²) in [6.45, 7) is 1.42. The van der Waals surface area contributed by atoms with Crippen molar-refractivity contribution in [1.29, 1.82) is 0 Å². The van der Waals surface area contributed by atoms with Gasteiger partial charge in [-0.1, -0.05) is 23.7 Å². The number of hydrogen-bond acceptors (Lipinski definition) is 7. The predicted molar refractivity (Wildman–Crippen MR) is 99.6 cm³/mol. The molecule has 7 nitrogen and oxygen atoms in total. The Balaban J connectivity index is 2.97. The van der Waals surface area contributed by atoms with Crippen LogP contribution in [0, 0.1) is 11.8 Å². The Morgan fingerprint density at radius 3 is 1.73 bits per heavy atom. The summed E-state index contributed by atoms with van der Waals surface area (Å²) in [5.41, 5.74) is -9.82. The minimum atomic E-state index is -5.94. The van der Waals surface area contributed by atoms with Crippen molar-refractivity contribution in [2.45, 2.75) is 43.6 Å². The summed E-state index contributed by atoms with van der Waals surface area (Å²) in [7, 11) is 0. The molecule has 1 heterocycles. The summed E-state index contributed by atoms with van der Waals surface area (Å²) in [6.07, 6.45) is -11.9. The average Bonchev–Trinajstić information content (AvgIpc) is 2.65. The Hall–Kier alpha value is -2.09. The van der Waals surface area contributed by atoms with E-state index in [0.29, 0.717) is 5.32 Å². The number of rotatable bonds is 5. The smallest absolute Gasteiger partial charge is 0.432 e. The van der Waals surface area contributed by atoms with Crippen LogP contribution in [-0.4, -0.2) is 59.2 Å². The first kappa shape index (κ1) is 27.2. The SMILES string of the molecule is CCOC(=O)[C@H]1C(c2cccc(Cl)c2)[C@H](C(=O)OCC)[C@](O)(C(F)(F)F)N[C@]1(O)C(F)(F)F. The lowest BCUT2D eigenvalue weighted by Gasteiger charge is -2.54. The maximum atomic E-state index is 14.0. The minimum absolute atomic E-state index is 0.164. The molecule has 186 valence electrons. The van der Waals surface area contributed by atoms with Gasteiger partial charge in [-0.2, -0.15) is 26.3 Å². The van der Waals surface area contributed by atoms with Gasteiger partial charge in [-0.25, -0.2) is 5.32 Å². The zero-order valence-electron chi connectivity index (χ0n) is 17.1. The number of carbonyl (C=O) groups is 2. The molecule has 1 aliphatic rings. The van der Waals surface area contributed by atoms with Crippen LogP contribution >= 0.6 is 11.6 Å². The molecular formula is C19H20ClF6NO6. The van der Waals surface area contributed by atoms with Crippen molar-refractivity contribution in [3.63, 3.8) is 0 Å². The van der Waals surface area contributed by atoms with Gasteiger partial charge in [-0.3, -0.25) is 9.59 Å². The van der Waals surface area contributed by atoms with Gasteiger partial charge in [0.2, 0.25) is 11.4 Å². The summed E-state index contributed by atoms with van der Waals surface area (Å²) in [5, 5.41) is 21.6. The number of esters is 2. The van der Waals surface area contributed by atoms with Gasteiger partial charge in [0.1, 0.15) is 11.8 Å². The van der Waals surface area contributed by atoms with E-state index < -0.39 is 72.3 Å². The first-order valence-electron chi connectivity index (χ1n) is 9.51. The molecule has 0 bridgehead atoms. The zero-order valence-corrected chi connectivity index (χ0v) is 17.9. The Labute approximate surface area is 188 Å². The summed E-state index contributed by atoms with van der Waals surface area (Å²) in [6, 6.07) is 4.28. The van der Waals surface area contributed by atoms with Gasteiger partial charge < -0.3 is 19.7 Å². The quantitative estimate of drug-likeness (QED) is 0.416. The number of nitrogens with one attached hydrogen (secondary N) is 1. The minimum Gasteiger partial charge on any atom is -0.466 e. The van der Waals surface area contributed by atoms with Crippen molar-refractivity contribution >= 4 is 23.5 Å². The fourth-order valence-electron chi connectivity index (χ4n) is 3.85. The van der Waals surface area contributed by atoms with Crippen molar-refractivity contribution < 1.29 is 55.6 Å². The van der Waals surface area contributed by atoms with E-state index in [9.17, 15) is 46.1 Å². The lowest BCUT2D eigenvalue weighted by Crippen LogP contribution is -2.81. The second-order valence-corrected chi connectivity index (χ2v) is 7.63. The second kappa shape index (κ2) is 9.28. The van der Waals surface area contributed by atoms with Crippen LogP contribution in [0.3, 0.4) is 0 Å². The lowest BCUT2D eigenvalue weighted by molar-refractivity contribution is -0.376. The number of aliphatic hydroxyl groups is 2. The number of hydrogen-bond donors (Lipinski definition) is 3. The first-order chi connectivity index (χ1) is 15.0. The standard InChI is InChI=1S/C19H20ClF6NO6/c1-3-32-14(28)12-11(9-6-5-7-10(20)8-9)13(15(29)33-4-2)17(31,19(24,25)26)27-16(12,30)18(21,22)23/h5-8,11-13,27,30-31H,3-4H2,1-2H3/t11?,12-,13-,16-,17+/m1/s1. The summed E-state index contributed by atoms with van der Waals surface area (Å²) in [5.74, 6) is -11.7. The molecule has 0 saturated carbocycles. The Kier molecular flexibility index (Phi) is 7.63. The molecule has 0 spiro atoms. The van der Waals surface area contributed by atoms with Gasteiger partial charge in [0, 0.05) is 10.9 Å². The van der Waals surface area contributed by atoms with E-state index in [0.717, 1.165) is 18.2 Å². The van der Waals surface area contributed by atoms with Crippen molar-refractivity contribution in [1.82, 2.24) is 5.32 Å². The van der Waals surface area contributed by atoms with Gasteiger partial charge in [0.15, 0.2) is 0 Å². The van der Waals surface area contributed by atoms with Gasteiger partial charge in [-0.05, 0) is 31.5 Å². The molecule has 5 atom stereocenters. The van der Waals surface area contributed by atoms with Gasteiger partial charge in [0.05, 0.1) is 13.2 Å². The molecule has 1 aromatic carbocycles. The number of carbonyl (C=O) groups excluding carboxylic acids is 2. The molecular weight excluding hydrogens is 488 g/mol. The van der Waals surface area contributed by atoms with Crippen LogP contribution in [0.15, 0.2) is 24.3 Å². The summed E-state index contributed by atoms with van der Waals surface area (Å²) >= 11 is 5.85. The normalized spacial score (nSPS) is 30.6. The molecule has 1 saturated heterocycles. The van der Waals surface area contributed by atoms with Crippen LogP contribution < -0.4 is 5.32 Å². The molecule has 33 heavy (non-hydrogen) atoms. The third-order valence-corrected chi connectivity index (χ3v) is 5.41. The molecule has 2 rings (SSSR count). The van der Waals surface area contributed by atoms with Gasteiger partial charge >= 0.3 is 24.3 Å². The highest BCUT2D eigenvalue weighted by Gasteiger charge is 2.78. The van der Waals surface area contributed by atoms with Crippen LogP contribution in [0.25, 0.3) is 0 Å². The third kappa shape index (κ3) is 4.77. The molecule has 1 aliphatic heterocycles. The highest BCUT2D eigenvalue weighted by atomic mass is 35.5. The summed E-state index contributed by atoms with van der Waals surface area (Å²) in [4.78, 5) is 25.3. The van der Waals surface area contributed by atoms with E-state index in [-0.39, 0.29) is 5.02 Å². The molecule has 0 amide bonds. The van der Waals surface area contributed by atoms with Gasteiger partial charge in [0.25, 0.3) is 0 Å². The number of alkyl halides is 6. The van der Waals surface area contributed by atoms with Crippen molar-refractivity contribution in [3.8, 4) is 0 Å². The topological polar surface area (TPSA) is 105 Å². The fraction of sp³-hybridized carbons (Fsp3) is 0.579. The highest BCUT2D eigenvalue weighted by Crippen LogP contribution is 2.55. The summed E-state index contributed by atoms with van der Waals surface area (Å²) < 4.78 is 93.3. The largest absolute Gasteiger partial charge is 0.466 e. The molecule has 0 aliphatic carbocycles. The molecule has 0 radical (unpaired) electrons. The highest BCUT2D eigenvalue weighted by molar-refractivity contribution is 6.30. The Morgan fingerprint density at radius 2 is 1.39 bits per heavy atom. The zero-order chi connectivity index (χ0) is 25.4. The fourth-order valence-corrected chi connectivity index (χ4v) is 4.05. The number of ether oxygens (including phenoxy) is 2. The van der Waals surface area contributed by atoms with Crippen molar-refractivity contribution in [3.05, 3.63) is 34.9 Å². The van der Waals surface area contributed by atoms with E-state index in [1.807, 2.05) is 0 Å². The molecule has 1 unspecified atom stereocenters. The van der Waals surface area contributed by atoms with Crippen LogP contribution in [0.5, 0.6) is 0 Å². The Morgan fingerprint density at radius 1 is 0.970 bits per heavy atom. The maximum absolute atomic E-state index is 14.0. The second-order valence-electron chi connectivity index (χ2n) is 7.19. The number of halogens is 7. The average molecular weight is 508 g/mol. The molecule has 0 aromatic heterocycles. The van der Waals surface area contributed by atoms with Crippen LogP contribution in [0.4, 0.5) is 26.3 Å². The first-order valence-corrected chi connectivity index (χ1v) is 9.89. The van der Waals surface area contributed by atoms with E-state index in [1.54, 1.807) is 0 Å². The van der Waals surface area contributed by atoms with Crippen LogP contribution in [-0.2, 0) is 19.1 Å². The van der Waals surface area contributed by atoms with E-state index >= 15 is 0 Å². The van der Waals surface area contributed by atoms with E-state index in [2.05, 4.69) is 9.47 Å². The third-order valence-electron chi connectivity index (χ3n) is 5.18. The molecule has 1 fully saturated rings. The van der Waals surface area contributed by atoms with E-state index in [4.69, 9.17) is 11.6 Å². The monoisotopic (exact) mass is 507 g/mol. The van der Waals surface area contributed by atoms with Crippen LogP contribution in [0.1, 0.15) is 25.3 Å². The number of benzene rings is 1.